The van der Waals surface area contributed by atoms with Gasteiger partial charge in [-0.15, -0.1) is 0 Å². The first-order valence-corrected chi connectivity index (χ1v) is 9.13. The Balaban J connectivity index is 2.34. The number of rotatable bonds is 7. The molecule has 3 unspecified atom stereocenters. The van der Waals surface area contributed by atoms with Crippen molar-refractivity contribution in [2.75, 3.05) is 39.8 Å². The standard InChI is InChI=1S/C20H32N2O3/c1-21(2)19-15-17(25-4)11-8-12-18(19)22(20(23)13-14-24-3)16-9-6-5-7-10-16/h5-7,9-10,17-19H,8,11-15H2,1-4H3. The molecule has 1 aromatic rings. The minimum atomic E-state index is 0.126. The number of likely N-dealkylation sites (N-methyl/N-ethyl adjacent to an activating group) is 1. The molecule has 0 aliphatic heterocycles. The third kappa shape index (κ3) is 5.27. The normalized spacial score (nSPS) is 24.1. The van der Waals surface area contributed by atoms with E-state index in [1.165, 1.54) is 0 Å². The zero-order chi connectivity index (χ0) is 18.2. The Labute approximate surface area is 151 Å². The highest BCUT2D eigenvalue weighted by atomic mass is 16.5. The molecule has 0 N–H and O–H groups in total. The molecule has 1 amide bonds. The molecule has 1 aliphatic rings. The van der Waals surface area contributed by atoms with Crippen LogP contribution in [-0.4, -0.2) is 63.9 Å². The fraction of sp³-hybridized carbons (Fsp3) is 0.650. The van der Waals surface area contributed by atoms with Crippen molar-refractivity contribution in [3.63, 3.8) is 0 Å². The Morgan fingerprint density at radius 2 is 1.84 bits per heavy atom. The van der Waals surface area contributed by atoms with Crippen LogP contribution in [0.4, 0.5) is 5.69 Å². The molecule has 2 rings (SSSR count). The lowest BCUT2D eigenvalue weighted by Crippen LogP contribution is -2.52. The second-order valence-corrected chi connectivity index (χ2v) is 6.96. The number of hydrogen-bond acceptors (Lipinski definition) is 4. The molecule has 5 heteroatoms. The number of carbonyl (C=O) groups is 1. The molecule has 0 bridgehead atoms. The van der Waals surface area contributed by atoms with Crippen LogP contribution in [0.3, 0.4) is 0 Å². The van der Waals surface area contributed by atoms with Gasteiger partial charge in [-0.2, -0.15) is 0 Å². The lowest BCUT2D eigenvalue weighted by molar-refractivity contribution is -0.120. The molecule has 25 heavy (non-hydrogen) atoms. The zero-order valence-corrected chi connectivity index (χ0v) is 16.0. The lowest BCUT2D eigenvalue weighted by atomic mass is 9.98. The third-order valence-corrected chi connectivity index (χ3v) is 5.13. The minimum absolute atomic E-state index is 0.126. The topological polar surface area (TPSA) is 42.0 Å². The lowest BCUT2D eigenvalue weighted by Gasteiger charge is -2.40. The summed E-state index contributed by atoms with van der Waals surface area (Å²) < 4.78 is 10.8. The van der Waals surface area contributed by atoms with Crippen LogP contribution in [0.1, 0.15) is 32.1 Å². The minimum Gasteiger partial charge on any atom is -0.384 e. The van der Waals surface area contributed by atoms with E-state index < -0.39 is 0 Å². The molecule has 1 saturated carbocycles. The number of anilines is 1. The molecule has 1 fully saturated rings. The molecular weight excluding hydrogens is 316 g/mol. The molecular formula is C20H32N2O3. The average Bonchev–Trinajstić information content (AvgIpc) is 2.84. The highest BCUT2D eigenvalue weighted by Gasteiger charge is 2.36. The number of methoxy groups -OCH3 is 2. The summed E-state index contributed by atoms with van der Waals surface area (Å²) in [6.07, 6.45) is 4.69. The molecule has 5 nitrogen and oxygen atoms in total. The molecule has 0 aromatic heterocycles. The Hall–Kier alpha value is -1.43. The Bertz CT molecular complexity index is 521. The molecule has 0 spiro atoms. The van der Waals surface area contributed by atoms with Crippen molar-refractivity contribution in [3.8, 4) is 0 Å². The van der Waals surface area contributed by atoms with Crippen LogP contribution < -0.4 is 4.90 Å². The van der Waals surface area contributed by atoms with Crippen molar-refractivity contribution in [2.45, 2.75) is 50.3 Å². The Morgan fingerprint density at radius 1 is 1.12 bits per heavy atom. The van der Waals surface area contributed by atoms with E-state index >= 15 is 0 Å². The maximum Gasteiger partial charge on any atom is 0.229 e. The van der Waals surface area contributed by atoms with Gasteiger partial charge in [0, 0.05) is 25.9 Å². The first-order valence-electron chi connectivity index (χ1n) is 9.13. The summed E-state index contributed by atoms with van der Waals surface area (Å²) in [6, 6.07) is 10.4. The van der Waals surface area contributed by atoms with Crippen LogP contribution in [-0.2, 0) is 14.3 Å². The number of benzene rings is 1. The van der Waals surface area contributed by atoms with Gasteiger partial charge in [-0.25, -0.2) is 0 Å². The van der Waals surface area contributed by atoms with Gasteiger partial charge in [0.05, 0.1) is 25.2 Å². The van der Waals surface area contributed by atoms with E-state index in [0.717, 1.165) is 31.4 Å². The van der Waals surface area contributed by atoms with Gasteiger partial charge in [-0.1, -0.05) is 18.2 Å². The van der Waals surface area contributed by atoms with E-state index in [-0.39, 0.29) is 24.1 Å². The molecule has 3 atom stereocenters. The predicted octanol–water partition coefficient (Wildman–Crippen LogP) is 2.94. The van der Waals surface area contributed by atoms with Crippen LogP contribution >= 0.6 is 0 Å². The van der Waals surface area contributed by atoms with Crippen LogP contribution in [0.2, 0.25) is 0 Å². The fourth-order valence-corrected chi connectivity index (χ4v) is 3.78. The van der Waals surface area contributed by atoms with Crippen molar-refractivity contribution < 1.29 is 14.3 Å². The second kappa shape index (κ2) is 9.90. The van der Waals surface area contributed by atoms with Gasteiger partial charge < -0.3 is 19.3 Å². The summed E-state index contributed by atoms with van der Waals surface area (Å²) in [5.41, 5.74) is 0.969. The predicted molar refractivity (Wildman–Crippen MR) is 101 cm³/mol. The first-order chi connectivity index (χ1) is 12.1. The van der Waals surface area contributed by atoms with Gasteiger partial charge in [-0.05, 0) is 51.9 Å². The van der Waals surface area contributed by atoms with E-state index in [1.54, 1.807) is 14.2 Å². The van der Waals surface area contributed by atoms with Crippen LogP contribution in [0.5, 0.6) is 0 Å². The fourth-order valence-electron chi connectivity index (χ4n) is 3.78. The number of nitrogens with zero attached hydrogens (tertiary/aromatic N) is 2. The third-order valence-electron chi connectivity index (χ3n) is 5.13. The number of ether oxygens (including phenoxy) is 2. The van der Waals surface area contributed by atoms with Crippen LogP contribution in [0.25, 0.3) is 0 Å². The molecule has 0 heterocycles. The molecule has 1 aliphatic carbocycles. The summed E-state index contributed by atoms with van der Waals surface area (Å²) in [4.78, 5) is 17.3. The van der Waals surface area contributed by atoms with Gasteiger partial charge in [0.15, 0.2) is 0 Å². The van der Waals surface area contributed by atoms with E-state index in [0.29, 0.717) is 13.0 Å². The SMILES string of the molecule is COCCC(=O)N(c1ccccc1)C1CCCC(OC)CC1N(C)C. The smallest absolute Gasteiger partial charge is 0.229 e. The summed E-state index contributed by atoms with van der Waals surface area (Å²) in [7, 11) is 7.62. The number of para-hydroxylation sites is 1. The number of hydrogen-bond donors (Lipinski definition) is 0. The highest BCUT2D eigenvalue weighted by Crippen LogP contribution is 2.30. The van der Waals surface area contributed by atoms with Gasteiger partial charge in [0.25, 0.3) is 0 Å². The van der Waals surface area contributed by atoms with Gasteiger partial charge in [0.2, 0.25) is 5.91 Å². The van der Waals surface area contributed by atoms with Crippen molar-refractivity contribution in [2.24, 2.45) is 0 Å². The average molecular weight is 348 g/mol. The molecule has 0 radical (unpaired) electrons. The van der Waals surface area contributed by atoms with E-state index in [9.17, 15) is 4.79 Å². The highest BCUT2D eigenvalue weighted by molar-refractivity contribution is 5.94. The first kappa shape index (κ1) is 19.9. The monoisotopic (exact) mass is 348 g/mol. The van der Waals surface area contributed by atoms with Crippen LogP contribution in [0.15, 0.2) is 30.3 Å². The molecule has 1 aromatic carbocycles. The van der Waals surface area contributed by atoms with E-state index in [1.807, 2.05) is 35.2 Å². The van der Waals surface area contributed by atoms with E-state index in [4.69, 9.17) is 9.47 Å². The largest absolute Gasteiger partial charge is 0.384 e. The Morgan fingerprint density at radius 3 is 2.44 bits per heavy atom. The van der Waals surface area contributed by atoms with Crippen LogP contribution in [0, 0.1) is 0 Å². The van der Waals surface area contributed by atoms with Crippen molar-refractivity contribution in [1.82, 2.24) is 4.90 Å². The van der Waals surface area contributed by atoms with Crippen molar-refractivity contribution >= 4 is 11.6 Å². The Kier molecular flexibility index (Phi) is 7.88. The molecule has 140 valence electrons. The number of amides is 1. The van der Waals surface area contributed by atoms with Gasteiger partial charge in [-0.3, -0.25) is 4.79 Å². The molecule has 0 saturated heterocycles. The quantitative estimate of drug-likeness (QED) is 0.711. The summed E-state index contributed by atoms with van der Waals surface area (Å²) in [5.74, 6) is 0.126. The summed E-state index contributed by atoms with van der Waals surface area (Å²) in [6.45, 7) is 0.447. The maximum absolute atomic E-state index is 13.0. The zero-order valence-electron chi connectivity index (χ0n) is 16.0. The van der Waals surface area contributed by atoms with Gasteiger partial charge in [0.1, 0.15) is 0 Å². The summed E-state index contributed by atoms with van der Waals surface area (Å²) >= 11 is 0. The number of carbonyl (C=O) groups excluding carboxylic acids is 1. The maximum atomic E-state index is 13.0. The van der Waals surface area contributed by atoms with Crippen molar-refractivity contribution in [3.05, 3.63) is 30.3 Å². The van der Waals surface area contributed by atoms with E-state index in [2.05, 4.69) is 19.0 Å². The second-order valence-electron chi connectivity index (χ2n) is 6.96. The van der Waals surface area contributed by atoms with Crippen molar-refractivity contribution in [1.29, 1.82) is 0 Å². The summed E-state index contributed by atoms with van der Waals surface area (Å²) in [5, 5.41) is 0. The van der Waals surface area contributed by atoms with Gasteiger partial charge >= 0.3 is 0 Å².